The monoisotopic (exact) mass is 399 g/mol. The van der Waals surface area contributed by atoms with Gasteiger partial charge in [0.15, 0.2) is 5.69 Å². The lowest BCUT2D eigenvalue weighted by atomic mass is 10.2. The van der Waals surface area contributed by atoms with E-state index in [9.17, 15) is 14.4 Å². The van der Waals surface area contributed by atoms with Crippen LogP contribution in [0.3, 0.4) is 0 Å². The summed E-state index contributed by atoms with van der Waals surface area (Å²) in [5.74, 6) is -0.365. The maximum Gasteiger partial charge on any atom is 0.287 e. The van der Waals surface area contributed by atoms with Crippen LogP contribution in [0.5, 0.6) is 0 Å². The van der Waals surface area contributed by atoms with Gasteiger partial charge in [-0.2, -0.15) is 0 Å². The quantitative estimate of drug-likeness (QED) is 0.810. The third-order valence-corrected chi connectivity index (χ3v) is 5.48. The van der Waals surface area contributed by atoms with Crippen LogP contribution in [-0.4, -0.2) is 82.3 Å². The number of nitrogens with one attached hydrogen (secondary N) is 1. The molecule has 0 spiro atoms. The van der Waals surface area contributed by atoms with Gasteiger partial charge in [-0.15, -0.1) is 0 Å². The zero-order valence-electron chi connectivity index (χ0n) is 16.5. The van der Waals surface area contributed by atoms with Crippen LogP contribution < -0.4 is 5.32 Å². The third-order valence-electron chi connectivity index (χ3n) is 5.48. The average molecular weight is 399 g/mol. The van der Waals surface area contributed by atoms with Crippen molar-refractivity contribution in [1.29, 1.82) is 0 Å². The Bertz CT molecular complexity index is 926. The Kier molecular flexibility index (Phi) is 5.48. The van der Waals surface area contributed by atoms with Crippen molar-refractivity contribution < 1.29 is 19.1 Å². The molecule has 2 aromatic rings. The summed E-state index contributed by atoms with van der Waals surface area (Å²) in [5.41, 5.74) is 0.845. The summed E-state index contributed by atoms with van der Waals surface area (Å²) < 4.78 is 7.19. The third kappa shape index (κ3) is 3.95. The minimum Gasteiger partial charge on any atom is -0.376 e. The number of rotatable bonds is 4. The number of aromatic nitrogens is 2. The number of amides is 3. The summed E-state index contributed by atoms with van der Waals surface area (Å²) in [6.45, 7) is 4.58. The highest BCUT2D eigenvalue weighted by Crippen LogP contribution is 2.17. The van der Waals surface area contributed by atoms with Crippen molar-refractivity contribution in [1.82, 2.24) is 24.5 Å². The average Bonchev–Trinajstić information content (AvgIpc) is 3.39. The highest BCUT2D eigenvalue weighted by atomic mass is 16.5. The number of imidazole rings is 1. The fraction of sp³-hybridized carbons (Fsp3) is 0.500. The van der Waals surface area contributed by atoms with E-state index in [4.69, 9.17) is 4.74 Å². The van der Waals surface area contributed by atoms with E-state index in [0.29, 0.717) is 38.2 Å². The van der Waals surface area contributed by atoms with Gasteiger partial charge < -0.3 is 19.9 Å². The molecule has 0 bridgehead atoms. The molecule has 2 saturated heterocycles. The molecule has 1 N–H and O–H groups in total. The van der Waals surface area contributed by atoms with Gasteiger partial charge >= 0.3 is 0 Å². The summed E-state index contributed by atoms with van der Waals surface area (Å²) in [4.78, 5) is 45.1. The molecule has 2 fully saturated rings. The van der Waals surface area contributed by atoms with Gasteiger partial charge in [0.25, 0.3) is 11.8 Å². The van der Waals surface area contributed by atoms with Crippen LogP contribution in [0.4, 0.5) is 0 Å². The summed E-state index contributed by atoms with van der Waals surface area (Å²) in [7, 11) is 0. The Morgan fingerprint density at radius 1 is 1.17 bits per heavy atom. The van der Waals surface area contributed by atoms with Crippen molar-refractivity contribution in [3.05, 3.63) is 35.9 Å². The molecule has 4 heterocycles. The molecule has 9 heteroatoms. The molecule has 4 rings (SSSR count). The van der Waals surface area contributed by atoms with E-state index in [1.165, 1.54) is 6.92 Å². The first-order valence-corrected chi connectivity index (χ1v) is 9.96. The van der Waals surface area contributed by atoms with E-state index >= 15 is 0 Å². The number of hydrogen-bond acceptors (Lipinski definition) is 5. The normalized spacial score (nSPS) is 19.6. The fourth-order valence-electron chi connectivity index (χ4n) is 3.82. The summed E-state index contributed by atoms with van der Waals surface area (Å²) in [6.07, 6.45) is 3.69. The van der Waals surface area contributed by atoms with E-state index in [1.54, 1.807) is 32.5 Å². The Balaban J connectivity index is 1.53. The molecule has 2 aromatic heterocycles. The van der Waals surface area contributed by atoms with Crippen LogP contribution in [-0.2, 0) is 9.53 Å². The molecule has 2 aliphatic rings. The Morgan fingerprint density at radius 2 is 1.93 bits per heavy atom. The Morgan fingerprint density at radius 3 is 2.62 bits per heavy atom. The summed E-state index contributed by atoms with van der Waals surface area (Å²) in [5, 5.41) is 2.87. The van der Waals surface area contributed by atoms with E-state index in [0.717, 1.165) is 19.4 Å². The van der Waals surface area contributed by atoms with Crippen LogP contribution in [0, 0.1) is 0 Å². The van der Waals surface area contributed by atoms with E-state index in [2.05, 4.69) is 10.3 Å². The second kappa shape index (κ2) is 8.20. The molecular formula is C20H25N5O4. The molecule has 1 atom stereocenters. The predicted octanol–water partition coefficient (Wildman–Crippen LogP) is 0.547. The number of nitrogens with zero attached hydrogens (tertiary/aromatic N) is 4. The van der Waals surface area contributed by atoms with Gasteiger partial charge in [0.05, 0.1) is 11.6 Å². The van der Waals surface area contributed by atoms with E-state index < -0.39 is 0 Å². The van der Waals surface area contributed by atoms with Crippen LogP contribution in [0.15, 0.2) is 24.4 Å². The van der Waals surface area contributed by atoms with E-state index in [-0.39, 0.29) is 35.3 Å². The lowest BCUT2D eigenvalue weighted by Crippen LogP contribution is -2.50. The standard InChI is InChI=1S/C20H25N5O4/c1-14(26)23-8-10-24(11-9-23)20(28)17-16-6-2-3-7-25(16)18(22-17)19(27)21-13-15-5-4-12-29-15/h2-3,6-7,15H,4-5,8-13H2,1H3,(H,21,27). The molecule has 0 saturated carbocycles. The SMILES string of the molecule is CC(=O)N1CCN(C(=O)c2nc(C(=O)NCC3CCCO3)n3ccccc23)CC1. The molecule has 2 aliphatic heterocycles. The van der Waals surface area contributed by atoms with Gasteiger partial charge in [-0.1, -0.05) is 6.07 Å². The molecule has 1 unspecified atom stereocenters. The van der Waals surface area contributed by atoms with Crippen molar-refractivity contribution >= 4 is 23.2 Å². The number of ether oxygens (including phenoxy) is 1. The fourth-order valence-corrected chi connectivity index (χ4v) is 3.82. The largest absolute Gasteiger partial charge is 0.376 e. The van der Waals surface area contributed by atoms with Crippen LogP contribution >= 0.6 is 0 Å². The molecule has 3 amide bonds. The molecular weight excluding hydrogens is 374 g/mol. The minimum atomic E-state index is -0.331. The van der Waals surface area contributed by atoms with Crippen molar-refractivity contribution in [2.45, 2.75) is 25.9 Å². The zero-order valence-corrected chi connectivity index (χ0v) is 16.5. The number of fused-ring (bicyclic) bond motifs is 1. The Hall–Kier alpha value is -2.94. The number of piperazine rings is 1. The van der Waals surface area contributed by atoms with Gasteiger partial charge in [-0.25, -0.2) is 4.98 Å². The van der Waals surface area contributed by atoms with Gasteiger partial charge in [0, 0.05) is 52.5 Å². The van der Waals surface area contributed by atoms with Gasteiger partial charge in [0.1, 0.15) is 0 Å². The maximum atomic E-state index is 13.1. The minimum absolute atomic E-state index is 0.00902. The molecule has 0 aromatic carbocycles. The van der Waals surface area contributed by atoms with Crippen molar-refractivity contribution in [3.8, 4) is 0 Å². The first kappa shape index (κ1) is 19.4. The zero-order chi connectivity index (χ0) is 20.4. The number of carbonyl (C=O) groups excluding carboxylic acids is 3. The first-order chi connectivity index (χ1) is 14.0. The summed E-state index contributed by atoms with van der Waals surface area (Å²) >= 11 is 0. The van der Waals surface area contributed by atoms with Crippen molar-refractivity contribution in [2.75, 3.05) is 39.3 Å². The molecule has 0 radical (unpaired) electrons. The lowest BCUT2D eigenvalue weighted by molar-refractivity contribution is -0.130. The maximum absolute atomic E-state index is 13.1. The van der Waals surface area contributed by atoms with Crippen molar-refractivity contribution in [2.24, 2.45) is 0 Å². The number of carbonyl (C=O) groups is 3. The van der Waals surface area contributed by atoms with E-state index in [1.807, 2.05) is 6.07 Å². The molecule has 29 heavy (non-hydrogen) atoms. The molecule has 154 valence electrons. The van der Waals surface area contributed by atoms with Crippen molar-refractivity contribution in [3.63, 3.8) is 0 Å². The first-order valence-electron chi connectivity index (χ1n) is 9.96. The van der Waals surface area contributed by atoms with Gasteiger partial charge in [-0.3, -0.25) is 18.8 Å². The highest BCUT2D eigenvalue weighted by Gasteiger charge is 2.28. The number of pyridine rings is 1. The molecule has 0 aliphatic carbocycles. The van der Waals surface area contributed by atoms with Gasteiger partial charge in [0.2, 0.25) is 11.7 Å². The smallest absolute Gasteiger partial charge is 0.287 e. The second-order valence-electron chi connectivity index (χ2n) is 7.38. The van der Waals surface area contributed by atoms with Crippen LogP contribution in [0.1, 0.15) is 40.9 Å². The van der Waals surface area contributed by atoms with Crippen LogP contribution in [0.2, 0.25) is 0 Å². The lowest BCUT2D eigenvalue weighted by Gasteiger charge is -2.33. The number of hydrogen-bond donors (Lipinski definition) is 1. The Labute approximate surface area is 168 Å². The topological polar surface area (TPSA) is 96.3 Å². The second-order valence-corrected chi connectivity index (χ2v) is 7.38. The van der Waals surface area contributed by atoms with Gasteiger partial charge in [-0.05, 0) is 25.0 Å². The summed E-state index contributed by atoms with van der Waals surface area (Å²) in [6, 6.07) is 5.39. The highest BCUT2D eigenvalue weighted by molar-refractivity contribution is 6.02. The molecule has 9 nitrogen and oxygen atoms in total. The van der Waals surface area contributed by atoms with Crippen LogP contribution in [0.25, 0.3) is 5.52 Å². The predicted molar refractivity (Wildman–Crippen MR) is 105 cm³/mol.